The van der Waals surface area contributed by atoms with Crippen LogP contribution in [0.15, 0.2) is 12.5 Å². The lowest BCUT2D eigenvalue weighted by Gasteiger charge is -2.19. The van der Waals surface area contributed by atoms with E-state index < -0.39 is 0 Å². The fourth-order valence-corrected chi connectivity index (χ4v) is 1.59. The van der Waals surface area contributed by atoms with Crippen molar-refractivity contribution in [1.82, 2.24) is 9.55 Å². The van der Waals surface area contributed by atoms with Crippen LogP contribution < -0.4 is 0 Å². The van der Waals surface area contributed by atoms with Crippen LogP contribution in [0.25, 0.3) is 0 Å². The van der Waals surface area contributed by atoms with Gasteiger partial charge in [0, 0.05) is 11.9 Å². The Kier molecular flexibility index (Phi) is 1.49. The minimum atomic E-state index is 0.0428. The molecular formula is C8H10N2O. The van der Waals surface area contributed by atoms with Gasteiger partial charge in [-0.05, 0) is 19.3 Å². The Morgan fingerprint density at radius 3 is 3.45 bits per heavy atom. The van der Waals surface area contributed by atoms with Gasteiger partial charge < -0.3 is 9.36 Å². The second-order valence-corrected chi connectivity index (χ2v) is 2.89. The highest BCUT2D eigenvalue weighted by molar-refractivity contribution is 5.56. The van der Waals surface area contributed by atoms with Crippen LogP contribution in [0.2, 0.25) is 0 Å². The molecule has 3 nitrogen and oxygen atoms in total. The maximum absolute atomic E-state index is 10.6. The first kappa shape index (κ1) is 6.58. The van der Waals surface area contributed by atoms with E-state index in [-0.39, 0.29) is 6.04 Å². The summed E-state index contributed by atoms with van der Waals surface area (Å²) in [6.07, 6.45) is 7.72. The standard InChI is InChI=1S/C8H10N2O/c11-5-8-3-1-2-7-4-9-6-10(7)8/h4-6,8H,1-3H2/t8-/m1/s1. The van der Waals surface area contributed by atoms with Crippen LogP contribution in [0.1, 0.15) is 24.6 Å². The summed E-state index contributed by atoms with van der Waals surface area (Å²) in [6, 6.07) is 0.0428. The number of nitrogens with zero attached hydrogens (tertiary/aromatic N) is 2. The highest BCUT2D eigenvalue weighted by Crippen LogP contribution is 2.21. The molecular weight excluding hydrogens is 140 g/mol. The van der Waals surface area contributed by atoms with Crippen molar-refractivity contribution in [1.29, 1.82) is 0 Å². The zero-order valence-corrected chi connectivity index (χ0v) is 6.23. The van der Waals surface area contributed by atoms with Crippen molar-refractivity contribution in [2.45, 2.75) is 25.3 Å². The maximum atomic E-state index is 10.6. The molecule has 11 heavy (non-hydrogen) atoms. The van der Waals surface area contributed by atoms with Crippen LogP contribution in [-0.4, -0.2) is 15.8 Å². The summed E-state index contributed by atoms with van der Waals surface area (Å²) < 4.78 is 1.97. The SMILES string of the molecule is O=C[C@H]1CCCc2cncn21. The zero-order chi connectivity index (χ0) is 7.68. The maximum Gasteiger partial charge on any atom is 0.142 e. The van der Waals surface area contributed by atoms with E-state index in [0.29, 0.717) is 0 Å². The Balaban J connectivity index is 2.39. The molecule has 1 aliphatic rings. The number of carbonyl (C=O) groups excluding carboxylic acids is 1. The molecule has 0 aromatic carbocycles. The highest BCUT2D eigenvalue weighted by Gasteiger charge is 2.17. The average Bonchev–Trinajstić information content (AvgIpc) is 2.50. The molecule has 1 atom stereocenters. The van der Waals surface area contributed by atoms with Crippen LogP contribution in [0.5, 0.6) is 0 Å². The normalized spacial score (nSPS) is 22.7. The largest absolute Gasteiger partial charge is 0.324 e. The monoisotopic (exact) mass is 150 g/mol. The van der Waals surface area contributed by atoms with Gasteiger partial charge in [0.2, 0.25) is 0 Å². The number of fused-ring (bicyclic) bond motifs is 1. The molecule has 0 saturated heterocycles. The van der Waals surface area contributed by atoms with Gasteiger partial charge in [-0.1, -0.05) is 0 Å². The number of hydrogen-bond acceptors (Lipinski definition) is 2. The lowest BCUT2D eigenvalue weighted by atomic mass is 10.0. The second kappa shape index (κ2) is 2.49. The van der Waals surface area contributed by atoms with Gasteiger partial charge in [0.25, 0.3) is 0 Å². The third-order valence-electron chi connectivity index (χ3n) is 2.19. The summed E-state index contributed by atoms with van der Waals surface area (Å²) in [7, 11) is 0. The third-order valence-corrected chi connectivity index (χ3v) is 2.19. The van der Waals surface area contributed by atoms with Crippen molar-refractivity contribution in [2.24, 2.45) is 0 Å². The highest BCUT2D eigenvalue weighted by atomic mass is 16.1. The predicted octanol–water partition coefficient (Wildman–Crippen LogP) is 0.959. The minimum absolute atomic E-state index is 0.0428. The topological polar surface area (TPSA) is 34.9 Å². The van der Waals surface area contributed by atoms with Gasteiger partial charge in [-0.25, -0.2) is 4.98 Å². The van der Waals surface area contributed by atoms with E-state index in [1.54, 1.807) is 6.33 Å². The summed E-state index contributed by atoms with van der Waals surface area (Å²) in [5.74, 6) is 0. The Bertz CT molecular complexity index is 267. The van der Waals surface area contributed by atoms with Crippen LogP contribution in [0.4, 0.5) is 0 Å². The molecule has 1 aromatic heterocycles. The van der Waals surface area contributed by atoms with Crippen molar-refractivity contribution in [3.05, 3.63) is 18.2 Å². The summed E-state index contributed by atoms with van der Waals surface area (Å²) in [6.45, 7) is 0. The molecule has 0 bridgehead atoms. The molecule has 3 heteroatoms. The van der Waals surface area contributed by atoms with E-state index in [4.69, 9.17) is 0 Å². The van der Waals surface area contributed by atoms with Gasteiger partial charge in [-0.2, -0.15) is 0 Å². The van der Waals surface area contributed by atoms with Crippen molar-refractivity contribution in [3.63, 3.8) is 0 Å². The quantitative estimate of drug-likeness (QED) is 0.559. The number of hydrogen-bond donors (Lipinski definition) is 0. The van der Waals surface area contributed by atoms with Crippen LogP contribution in [-0.2, 0) is 11.2 Å². The number of aldehydes is 1. The van der Waals surface area contributed by atoms with E-state index in [1.807, 2.05) is 10.8 Å². The molecule has 0 radical (unpaired) electrons. The molecule has 2 rings (SSSR count). The van der Waals surface area contributed by atoms with Gasteiger partial charge in [0.05, 0.1) is 12.4 Å². The summed E-state index contributed by atoms with van der Waals surface area (Å²) in [4.78, 5) is 14.6. The molecule has 0 aliphatic carbocycles. The lowest BCUT2D eigenvalue weighted by molar-refractivity contribution is -0.111. The van der Waals surface area contributed by atoms with E-state index in [1.165, 1.54) is 5.69 Å². The van der Waals surface area contributed by atoms with Gasteiger partial charge in [0.15, 0.2) is 0 Å². The molecule has 1 aromatic rings. The zero-order valence-electron chi connectivity index (χ0n) is 6.23. The summed E-state index contributed by atoms with van der Waals surface area (Å²) in [5, 5.41) is 0. The number of aromatic nitrogens is 2. The minimum Gasteiger partial charge on any atom is -0.324 e. The second-order valence-electron chi connectivity index (χ2n) is 2.89. The van der Waals surface area contributed by atoms with Crippen molar-refractivity contribution in [3.8, 4) is 0 Å². The molecule has 0 spiro atoms. The number of rotatable bonds is 1. The van der Waals surface area contributed by atoms with E-state index in [9.17, 15) is 4.79 Å². The molecule has 1 aliphatic heterocycles. The fraction of sp³-hybridized carbons (Fsp3) is 0.500. The molecule has 2 heterocycles. The Morgan fingerprint density at radius 2 is 2.64 bits per heavy atom. The molecule has 0 amide bonds. The molecule has 0 fully saturated rings. The molecule has 58 valence electrons. The first-order chi connectivity index (χ1) is 5.42. The first-order valence-electron chi connectivity index (χ1n) is 3.88. The lowest BCUT2D eigenvalue weighted by Crippen LogP contribution is -2.17. The Morgan fingerprint density at radius 1 is 1.73 bits per heavy atom. The molecule has 0 N–H and O–H groups in total. The Hall–Kier alpha value is -1.12. The number of carbonyl (C=O) groups is 1. The summed E-state index contributed by atoms with van der Waals surface area (Å²) in [5.41, 5.74) is 1.19. The number of imidazole rings is 1. The van der Waals surface area contributed by atoms with Crippen LogP contribution in [0.3, 0.4) is 0 Å². The average molecular weight is 150 g/mol. The van der Waals surface area contributed by atoms with E-state index >= 15 is 0 Å². The van der Waals surface area contributed by atoms with E-state index in [0.717, 1.165) is 25.5 Å². The third kappa shape index (κ3) is 0.964. The molecule has 0 saturated carbocycles. The fourth-order valence-electron chi connectivity index (χ4n) is 1.59. The van der Waals surface area contributed by atoms with Crippen molar-refractivity contribution >= 4 is 6.29 Å². The van der Waals surface area contributed by atoms with Gasteiger partial charge in [0.1, 0.15) is 6.29 Å². The Labute approximate surface area is 65.1 Å². The van der Waals surface area contributed by atoms with Crippen LogP contribution in [0, 0.1) is 0 Å². The van der Waals surface area contributed by atoms with Crippen molar-refractivity contribution < 1.29 is 4.79 Å². The smallest absolute Gasteiger partial charge is 0.142 e. The summed E-state index contributed by atoms with van der Waals surface area (Å²) >= 11 is 0. The van der Waals surface area contributed by atoms with Gasteiger partial charge >= 0.3 is 0 Å². The van der Waals surface area contributed by atoms with Crippen molar-refractivity contribution in [2.75, 3.05) is 0 Å². The van der Waals surface area contributed by atoms with Gasteiger partial charge in [-0.15, -0.1) is 0 Å². The van der Waals surface area contributed by atoms with Gasteiger partial charge in [-0.3, -0.25) is 0 Å². The van der Waals surface area contributed by atoms with E-state index in [2.05, 4.69) is 4.98 Å². The number of aryl methyl sites for hydroxylation is 1. The predicted molar refractivity (Wildman–Crippen MR) is 40.3 cm³/mol. The molecule has 0 unspecified atom stereocenters. The first-order valence-corrected chi connectivity index (χ1v) is 3.88. The van der Waals surface area contributed by atoms with Crippen LogP contribution >= 0.6 is 0 Å².